The topological polar surface area (TPSA) is 74.0 Å². The lowest BCUT2D eigenvalue weighted by Gasteiger charge is -2.33. The van der Waals surface area contributed by atoms with E-state index >= 15 is 0 Å². The zero-order chi connectivity index (χ0) is 15.9. The number of hydrogen-bond acceptors (Lipinski definition) is 4. The van der Waals surface area contributed by atoms with E-state index in [1.807, 2.05) is 0 Å². The third kappa shape index (κ3) is 2.75. The Balaban J connectivity index is 1.73. The van der Waals surface area contributed by atoms with Gasteiger partial charge in [-0.2, -0.15) is 0 Å². The van der Waals surface area contributed by atoms with Crippen LogP contribution in [0.1, 0.15) is 37.6 Å². The number of likely N-dealkylation sites (tertiary alicyclic amines) is 1. The number of fused-ring (bicyclic) bond motifs is 1. The number of hydrogen-bond donors (Lipinski definition) is 1. The lowest BCUT2D eigenvalue weighted by atomic mass is 9.93. The molecule has 0 aliphatic carbocycles. The number of carbonyl (C=O) groups is 2. The number of amides is 1. The van der Waals surface area contributed by atoms with Crippen LogP contribution in [0.2, 0.25) is 0 Å². The molecule has 0 spiro atoms. The molecule has 0 bridgehead atoms. The molecule has 3 rings (SSSR count). The van der Waals surface area contributed by atoms with Crippen LogP contribution in [0.25, 0.3) is 0 Å². The van der Waals surface area contributed by atoms with Crippen molar-refractivity contribution in [2.75, 3.05) is 26.2 Å². The molecule has 1 aromatic heterocycles. The number of carboxylic acid groups (broad SMARTS) is 1. The summed E-state index contributed by atoms with van der Waals surface area (Å²) in [5, 5.41) is 9.52. The molecule has 3 heterocycles. The first-order chi connectivity index (χ1) is 10.4. The lowest BCUT2D eigenvalue weighted by molar-refractivity contribution is -0.151. The highest BCUT2D eigenvalue weighted by Crippen LogP contribution is 2.32. The maximum atomic E-state index is 12.6. The zero-order valence-electron chi connectivity index (χ0n) is 13.0. The number of furan rings is 1. The van der Waals surface area contributed by atoms with Crippen molar-refractivity contribution >= 4 is 11.9 Å². The van der Waals surface area contributed by atoms with Gasteiger partial charge in [0.1, 0.15) is 5.76 Å². The summed E-state index contributed by atoms with van der Waals surface area (Å²) < 4.78 is 5.31. The largest absolute Gasteiger partial charge is 0.479 e. The van der Waals surface area contributed by atoms with E-state index in [0.717, 1.165) is 19.5 Å². The summed E-state index contributed by atoms with van der Waals surface area (Å²) in [5.41, 5.74) is 0.834. The fourth-order valence-corrected chi connectivity index (χ4v) is 3.49. The molecule has 1 saturated heterocycles. The highest BCUT2D eigenvalue weighted by Gasteiger charge is 2.39. The number of aliphatic carboxylic acids is 1. The van der Waals surface area contributed by atoms with Crippen molar-refractivity contribution in [1.82, 2.24) is 9.80 Å². The number of carboxylic acids is 1. The fraction of sp³-hybridized carbons (Fsp3) is 0.625. The molecule has 120 valence electrons. The Bertz CT molecular complexity index is 593. The van der Waals surface area contributed by atoms with Gasteiger partial charge in [-0.25, -0.2) is 4.79 Å². The van der Waals surface area contributed by atoms with Gasteiger partial charge in [0.2, 0.25) is 5.91 Å². The fourth-order valence-electron chi connectivity index (χ4n) is 3.49. The van der Waals surface area contributed by atoms with E-state index in [2.05, 4.69) is 18.7 Å². The minimum Gasteiger partial charge on any atom is -0.479 e. The number of carbonyl (C=O) groups excluding carboxylic acids is 1. The average molecular weight is 306 g/mol. The molecule has 0 aromatic carbocycles. The molecule has 22 heavy (non-hydrogen) atoms. The molecule has 1 fully saturated rings. The second-order valence-corrected chi connectivity index (χ2v) is 7.00. The summed E-state index contributed by atoms with van der Waals surface area (Å²) in [5.74, 6) is -0.437. The molecule has 1 unspecified atom stereocenters. The van der Waals surface area contributed by atoms with Gasteiger partial charge in [0.25, 0.3) is 0 Å². The van der Waals surface area contributed by atoms with Gasteiger partial charge >= 0.3 is 5.97 Å². The SMILES string of the molecule is CC1(C)CCN(CC(=O)N2CCc3occc3C2C(=O)O)C1. The minimum atomic E-state index is -1.00. The van der Waals surface area contributed by atoms with E-state index in [0.29, 0.717) is 30.8 Å². The molecule has 2 aliphatic rings. The first-order valence-corrected chi connectivity index (χ1v) is 7.68. The van der Waals surface area contributed by atoms with Crippen molar-refractivity contribution in [3.8, 4) is 0 Å². The highest BCUT2D eigenvalue weighted by molar-refractivity contribution is 5.86. The van der Waals surface area contributed by atoms with Crippen LogP contribution in [-0.4, -0.2) is 53.0 Å². The molecular weight excluding hydrogens is 284 g/mol. The normalized spacial score (nSPS) is 24.3. The molecule has 1 atom stereocenters. The van der Waals surface area contributed by atoms with Gasteiger partial charge in [-0.3, -0.25) is 9.69 Å². The van der Waals surface area contributed by atoms with Gasteiger partial charge in [0.05, 0.1) is 12.8 Å². The summed E-state index contributed by atoms with van der Waals surface area (Å²) >= 11 is 0. The molecular formula is C16H22N2O4. The third-order valence-electron chi connectivity index (χ3n) is 4.64. The average Bonchev–Trinajstić information content (AvgIpc) is 3.03. The van der Waals surface area contributed by atoms with Crippen LogP contribution in [0.4, 0.5) is 0 Å². The van der Waals surface area contributed by atoms with Crippen LogP contribution in [0, 0.1) is 5.41 Å². The number of nitrogens with zero attached hydrogens (tertiary/aromatic N) is 2. The Morgan fingerprint density at radius 3 is 2.82 bits per heavy atom. The van der Waals surface area contributed by atoms with Gasteiger partial charge in [0.15, 0.2) is 6.04 Å². The van der Waals surface area contributed by atoms with Gasteiger partial charge in [0, 0.05) is 25.1 Å². The summed E-state index contributed by atoms with van der Waals surface area (Å²) in [6, 6.07) is 0.734. The Morgan fingerprint density at radius 2 is 2.18 bits per heavy atom. The second-order valence-electron chi connectivity index (χ2n) is 7.00. The summed E-state index contributed by atoms with van der Waals surface area (Å²) in [7, 11) is 0. The molecule has 0 radical (unpaired) electrons. The predicted molar refractivity (Wildman–Crippen MR) is 79.3 cm³/mol. The predicted octanol–water partition coefficient (Wildman–Crippen LogP) is 1.52. The first kappa shape index (κ1) is 15.1. The van der Waals surface area contributed by atoms with E-state index < -0.39 is 12.0 Å². The first-order valence-electron chi connectivity index (χ1n) is 7.68. The minimum absolute atomic E-state index is 0.114. The summed E-state index contributed by atoms with van der Waals surface area (Å²) in [4.78, 5) is 27.8. The quantitative estimate of drug-likeness (QED) is 0.916. The van der Waals surface area contributed by atoms with Crippen molar-refractivity contribution < 1.29 is 19.1 Å². The third-order valence-corrected chi connectivity index (χ3v) is 4.64. The van der Waals surface area contributed by atoms with Crippen molar-refractivity contribution in [3.63, 3.8) is 0 Å². The van der Waals surface area contributed by atoms with E-state index in [4.69, 9.17) is 4.42 Å². The molecule has 6 heteroatoms. The van der Waals surface area contributed by atoms with Crippen LogP contribution in [-0.2, 0) is 16.0 Å². The van der Waals surface area contributed by atoms with Crippen molar-refractivity contribution in [3.05, 3.63) is 23.7 Å². The van der Waals surface area contributed by atoms with E-state index in [-0.39, 0.29) is 11.3 Å². The highest BCUT2D eigenvalue weighted by atomic mass is 16.4. The maximum absolute atomic E-state index is 12.6. The summed E-state index contributed by atoms with van der Waals surface area (Å²) in [6.07, 6.45) is 3.13. The molecule has 1 N–H and O–H groups in total. The molecule has 1 aromatic rings. The molecule has 6 nitrogen and oxygen atoms in total. The van der Waals surface area contributed by atoms with E-state index in [1.165, 1.54) is 11.2 Å². The van der Waals surface area contributed by atoms with Crippen molar-refractivity contribution in [2.24, 2.45) is 5.41 Å². The smallest absolute Gasteiger partial charge is 0.331 e. The standard InChI is InChI=1S/C16H22N2O4/c1-16(2)5-7-17(10-16)9-13(19)18-6-3-12-11(4-8-22-12)14(18)15(20)21/h4,8,14H,3,5-7,9-10H2,1-2H3,(H,20,21). The molecule has 2 aliphatic heterocycles. The molecule has 1 amide bonds. The zero-order valence-corrected chi connectivity index (χ0v) is 13.0. The van der Waals surface area contributed by atoms with Crippen molar-refractivity contribution in [1.29, 1.82) is 0 Å². The Kier molecular flexibility index (Phi) is 3.72. The van der Waals surface area contributed by atoms with Gasteiger partial charge in [-0.15, -0.1) is 0 Å². The lowest BCUT2D eigenvalue weighted by Crippen LogP contribution is -2.47. The van der Waals surface area contributed by atoms with Crippen LogP contribution >= 0.6 is 0 Å². The van der Waals surface area contributed by atoms with Crippen LogP contribution in [0.15, 0.2) is 16.7 Å². The Labute approximate surface area is 129 Å². The van der Waals surface area contributed by atoms with Crippen LogP contribution < -0.4 is 0 Å². The summed E-state index contributed by atoms with van der Waals surface area (Å²) in [6.45, 7) is 6.84. The number of rotatable bonds is 3. The van der Waals surface area contributed by atoms with Gasteiger partial charge in [-0.05, 0) is 24.4 Å². The maximum Gasteiger partial charge on any atom is 0.331 e. The molecule has 0 saturated carbocycles. The van der Waals surface area contributed by atoms with Crippen LogP contribution in [0.5, 0.6) is 0 Å². The van der Waals surface area contributed by atoms with Crippen LogP contribution in [0.3, 0.4) is 0 Å². The van der Waals surface area contributed by atoms with E-state index in [9.17, 15) is 14.7 Å². The van der Waals surface area contributed by atoms with E-state index in [1.54, 1.807) is 6.07 Å². The van der Waals surface area contributed by atoms with Gasteiger partial charge < -0.3 is 14.4 Å². The second kappa shape index (κ2) is 5.43. The monoisotopic (exact) mass is 306 g/mol. The van der Waals surface area contributed by atoms with Crippen molar-refractivity contribution in [2.45, 2.75) is 32.7 Å². The van der Waals surface area contributed by atoms with Gasteiger partial charge in [-0.1, -0.05) is 13.8 Å². The Hall–Kier alpha value is -1.82. The Morgan fingerprint density at radius 1 is 1.41 bits per heavy atom.